The molecule has 0 bridgehead atoms. The van der Waals surface area contributed by atoms with Crippen LogP contribution in [-0.2, 0) is 13.2 Å². The summed E-state index contributed by atoms with van der Waals surface area (Å²) in [4.78, 5) is 30.1. The predicted octanol–water partition coefficient (Wildman–Crippen LogP) is 3.77. The number of carbonyl (C=O) groups excluding carboxylic acids is 1. The van der Waals surface area contributed by atoms with E-state index in [0.717, 1.165) is 38.1 Å². The second kappa shape index (κ2) is 8.49. The number of alkyl halides is 3. The van der Waals surface area contributed by atoms with Crippen LogP contribution in [0, 0.1) is 0 Å². The van der Waals surface area contributed by atoms with Crippen LogP contribution in [0.25, 0.3) is 11.3 Å². The SMILES string of the molecule is Cn1c(-c2cccc(C(F)(F)F)c2)ccc(C(=O)N2CCC(N3CCCC3)CC2)c1=O. The zero-order chi connectivity index (χ0) is 22.2. The summed E-state index contributed by atoms with van der Waals surface area (Å²) in [5.41, 5.74) is -0.613. The number of benzene rings is 1. The van der Waals surface area contributed by atoms with Crippen molar-refractivity contribution in [1.82, 2.24) is 14.4 Å². The van der Waals surface area contributed by atoms with Crippen molar-refractivity contribution in [1.29, 1.82) is 0 Å². The van der Waals surface area contributed by atoms with Gasteiger partial charge in [-0.3, -0.25) is 9.59 Å². The zero-order valence-corrected chi connectivity index (χ0v) is 17.5. The minimum Gasteiger partial charge on any atom is -0.338 e. The lowest BCUT2D eigenvalue weighted by molar-refractivity contribution is -0.137. The second-order valence-electron chi connectivity index (χ2n) is 8.34. The summed E-state index contributed by atoms with van der Waals surface area (Å²) in [5.74, 6) is -0.309. The first-order valence-corrected chi connectivity index (χ1v) is 10.7. The molecule has 0 unspecified atom stereocenters. The zero-order valence-electron chi connectivity index (χ0n) is 17.5. The molecule has 0 saturated carbocycles. The van der Waals surface area contributed by atoms with Crippen LogP contribution in [0.3, 0.4) is 0 Å². The van der Waals surface area contributed by atoms with Gasteiger partial charge in [0.05, 0.1) is 11.3 Å². The van der Waals surface area contributed by atoms with Crippen LogP contribution in [-0.4, -0.2) is 52.5 Å². The minimum atomic E-state index is -4.47. The van der Waals surface area contributed by atoms with Gasteiger partial charge in [0.25, 0.3) is 11.5 Å². The van der Waals surface area contributed by atoms with E-state index in [-0.39, 0.29) is 17.0 Å². The normalized spacial score (nSPS) is 18.5. The van der Waals surface area contributed by atoms with Crippen molar-refractivity contribution in [2.24, 2.45) is 7.05 Å². The van der Waals surface area contributed by atoms with Gasteiger partial charge >= 0.3 is 6.18 Å². The number of piperidine rings is 1. The van der Waals surface area contributed by atoms with Crippen LogP contribution >= 0.6 is 0 Å². The summed E-state index contributed by atoms with van der Waals surface area (Å²) in [7, 11) is 1.48. The van der Waals surface area contributed by atoms with Crippen molar-refractivity contribution in [2.45, 2.75) is 37.9 Å². The molecule has 0 aliphatic carbocycles. The number of carbonyl (C=O) groups is 1. The Balaban J connectivity index is 1.53. The number of aromatic nitrogens is 1. The number of rotatable bonds is 3. The van der Waals surface area contributed by atoms with E-state index < -0.39 is 17.3 Å². The third-order valence-corrected chi connectivity index (χ3v) is 6.43. The van der Waals surface area contributed by atoms with Crippen molar-refractivity contribution in [2.75, 3.05) is 26.2 Å². The van der Waals surface area contributed by atoms with Gasteiger partial charge in [0.2, 0.25) is 0 Å². The molecule has 2 aromatic rings. The maximum Gasteiger partial charge on any atom is 0.416 e. The quantitative estimate of drug-likeness (QED) is 0.740. The Morgan fingerprint density at radius 3 is 2.32 bits per heavy atom. The van der Waals surface area contributed by atoms with Gasteiger partial charge < -0.3 is 14.4 Å². The molecule has 2 fully saturated rings. The molecule has 2 saturated heterocycles. The third kappa shape index (κ3) is 4.39. The monoisotopic (exact) mass is 433 g/mol. The maximum absolute atomic E-state index is 13.0. The fourth-order valence-corrected chi connectivity index (χ4v) is 4.65. The van der Waals surface area contributed by atoms with E-state index in [1.165, 1.54) is 42.7 Å². The smallest absolute Gasteiger partial charge is 0.338 e. The van der Waals surface area contributed by atoms with Crippen LogP contribution in [0.2, 0.25) is 0 Å². The van der Waals surface area contributed by atoms with E-state index in [9.17, 15) is 22.8 Å². The summed E-state index contributed by atoms with van der Waals surface area (Å²) in [6, 6.07) is 8.32. The largest absolute Gasteiger partial charge is 0.416 e. The van der Waals surface area contributed by atoms with Crippen LogP contribution in [0.15, 0.2) is 41.2 Å². The van der Waals surface area contributed by atoms with Crippen molar-refractivity contribution < 1.29 is 18.0 Å². The molecule has 4 rings (SSSR count). The van der Waals surface area contributed by atoms with Crippen LogP contribution in [0.4, 0.5) is 13.2 Å². The molecule has 0 spiro atoms. The summed E-state index contributed by atoms with van der Waals surface area (Å²) in [6.45, 7) is 3.46. The van der Waals surface area contributed by atoms with E-state index in [1.54, 1.807) is 11.0 Å². The Hall–Kier alpha value is -2.61. The molecule has 5 nitrogen and oxygen atoms in total. The van der Waals surface area contributed by atoms with Crippen molar-refractivity contribution in [3.8, 4) is 11.3 Å². The van der Waals surface area contributed by atoms with E-state index in [2.05, 4.69) is 4.90 Å². The first kappa shape index (κ1) is 21.6. The van der Waals surface area contributed by atoms with E-state index in [4.69, 9.17) is 0 Å². The second-order valence-corrected chi connectivity index (χ2v) is 8.34. The maximum atomic E-state index is 13.0. The number of halogens is 3. The minimum absolute atomic E-state index is 0.0536. The van der Waals surface area contributed by atoms with Gasteiger partial charge in [0, 0.05) is 26.2 Å². The van der Waals surface area contributed by atoms with Crippen LogP contribution < -0.4 is 5.56 Å². The standard InChI is InChI=1S/C23H26F3N3O2/c1-27-20(16-5-4-6-17(15-16)23(24,25)26)8-7-19(21(27)30)22(31)29-13-9-18(10-14-29)28-11-2-3-12-28/h4-8,15,18H,2-3,9-14H2,1H3. The average Bonchev–Trinajstić information content (AvgIpc) is 3.30. The first-order valence-electron chi connectivity index (χ1n) is 10.7. The van der Waals surface area contributed by atoms with Gasteiger partial charge in [-0.05, 0) is 68.6 Å². The molecule has 2 aliphatic rings. The molecule has 31 heavy (non-hydrogen) atoms. The Morgan fingerprint density at radius 2 is 1.68 bits per heavy atom. The van der Waals surface area contributed by atoms with E-state index in [0.29, 0.717) is 24.8 Å². The highest BCUT2D eigenvalue weighted by atomic mass is 19.4. The molecule has 3 heterocycles. The molecule has 1 aromatic heterocycles. The molecule has 1 amide bonds. The Kier molecular flexibility index (Phi) is 5.92. The molecular weight excluding hydrogens is 407 g/mol. The number of nitrogens with zero attached hydrogens (tertiary/aromatic N) is 3. The lowest BCUT2D eigenvalue weighted by Gasteiger charge is -2.36. The summed E-state index contributed by atoms with van der Waals surface area (Å²) in [6.07, 6.45) is -0.213. The van der Waals surface area contributed by atoms with Gasteiger partial charge in [0.15, 0.2) is 0 Å². The van der Waals surface area contributed by atoms with Gasteiger partial charge in [-0.25, -0.2) is 0 Å². The summed E-state index contributed by atoms with van der Waals surface area (Å²) >= 11 is 0. The summed E-state index contributed by atoms with van der Waals surface area (Å²) in [5, 5.41) is 0. The van der Waals surface area contributed by atoms with Gasteiger partial charge in [-0.2, -0.15) is 13.2 Å². The lowest BCUT2D eigenvalue weighted by atomic mass is 10.0. The number of hydrogen-bond acceptors (Lipinski definition) is 3. The van der Waals surface area contributed by atoms with Crippen LogP contribution in [0.5, 0.6) is 0 Å². The molecule has 8 heteroatoms. The Morgan fingerprint density at radius 1 is 1.00 bits per heavy atom. The lowest BCUT2D eigenvalue weighted by Crippen LogP contribution is -2.47. The number of likely N-dealkylation sites (tertiary alicyclic amines) is 2. The molecular formula is C23H26F3N3O2. The Labute approximate surface area is 179 Å². The van der Waals surface area contributed by atoms with Gasteiger partial charge in [-0.1, -0.05) is 12.1 Å². The first-order chi connectivity index (χ1) is 14.8. The van der Waals surface area contributed by atoms with Gasteiger partial charge in [0.1, 0.15) is 5.56 Å². The van der Waals surface area contributed by atoms with Crippen molar-refractivity contribution in [3.63, 3.8) is 0 Å². The predicted molar refractivity (Wildman–Crippen MR) is 112 cm³/mol. The number of hydrogen-bond donors (Lipinski definition) is 0. The highest BCUT2D eigenvalue weighted by Gasteiger charge is 2.31. The van der Waals surface area contributed by atoms with Crippen LogP contribution in [0.1, 0.15) is 41.6 Å². The molecule has 0 N–H and O–H groups in total. The van der Waals surface area contributed by atoms with E-state index in [1.807, 2.05) is 0 Å². The summed E-state index contributed by atoms with van der Waals surface area (Å²) < 4.78 is 40.4. The fraction of sp³-hybridized carbons (Fsp3) is 0.478. The Bertz CT molecular complexity index is 1020. The highest BCUT2D eigenvalue weighted by Crippen LogP contribution is 2.32. The van der Waals surface area contributed by atoms with Crippen molar-refractivity contribution >= 4 is 5.91 Å². The molecule has 0 atom stereocenters. The number of amides is 1. The molecule has 166 valence electrons. The topological polar surface area (TPSA) is 45.6 Å². The third-order valence-electron chi connectivity index (χ3n) is 6.43. The highest BCUT2D eigenvalue weighted by molar-refractivity contribution is 5.94. The molecule has 1 aromatic carbocycles. The van der Waals surface area contributed by atoms with Crippen molar-refractivity contribution in [3.05, 3.63) is 57.9 Å². The van der Waals surface area contributed by atoms with Gasteiger partial charge in [-0.15, -0.1) is 0 Å². The molecule has 2 aliphatic heterocycles. The fourth-order valence-electron chi connectivity index (χ4n) is 4.65. The molecule has 0 radical (unpaired) electrons. The van der Waals surface area contributed by atoms with E-state index >= 15 is 0 Å². The average molecular weight is 433 g/mol. The number of pyridine rings is 1.